The van der Waals surface area contributed by atoms with Gasteiger partial charge in [0.25, 0.3) is 0 Å². The van der Waals surface area contributed by atoms with E-state index in [4.69, 9.17) is 0 Å². The van der Waals surface area contributed by atoms with Gasteiger partial charge in [-0.05, 0) is 54.0 Å². The normalized spacial score (nSPS) is 13.6. The minimum Gasteiger partial charge on any atom is -0.478 e. The molecule has 0 aliphatic heterocycles. The third-order valence-corrected chi connectivity index (χ3v) is 4.90. The van der Waals surface area contributed by atoms with Crippen molar-refractivity contribution in [2.24, 2.45) is 0 Å². The lowest BCUT2D eigenvalue weighted by atomic mass is 9.97. The average Bonchev–Trinajstić information content (AvgIpc) is 3.48. The molecule has 0 spiro atoms. The number of nitrogens with zero attached hydrogens (tertiary/aromatic N) is 2. The highest BCUT2D eigenvalue weighted by Crippen LogP contribution is 2.40. The van der Waals surface area contributed by atoms with Gasteiger partial charge in [-0.1, -0.05) is 36.4 Å². The Bertz CT molecular complexity index is 960. The van der Waals surface area contributed by atoms with Crippen molar-refractivity contribution in [1.82, 2.24) is 9.97 Å². The summed E-state index contributed by atoms with van der Waals surface area (Å²) in [6.45, 7) is 2.03. The zero-order chi connectivity index (χ0) is 18.1. The summed E-state index contributed by atoms with van der Waals surface area (Å²) in [6.07, 6.45) is 6.41. The number of aryl methyl sites for hydroxylation is 1. The quantitative estimate of drug-likeness (QED) is 0.733. The van der Waals surface area contributed by atoms with Crippen LogP contribution in [0.2, 0.25) is 0 Å². The van der Waals surface area contributed by atoms with Gasteiger partial charge < -0.3 is 5.11 Å². The molecule has 0 atom stereocenters. The Morgan fingerprint density at radius 3 is 2.50 bits per heavy atom. The standard InChI is InChI=1S/C22H20N2O2/c1-14-4-2-3-5-19(14)21-23-12-15(13-24-21)10-18-9-8-17(16-6-7-16)11-20(18)22(25)26/h2-5,8-9,11-13,16H,6-7,10H2,1H3,(H,25,26). The van der Waals surface area contributed by atoms with E-state index in [9.17, 15) is 9.90 Å². The van der Waals surface area contributed by atoms with Gasteiger partial charge in [-0.3, -0.25) is 0 Å². The lowest BCUT2D eigenvalue weighted by molar-refractivity contribution is 0.0695. The number of hydrogen-bond acceptors (Lipinski definition) is 3. The van der Waals surface area contributed by atoms with Crippen molar-refractivity contribution < 1.29 is 9.90 Å². The van der Waals surface area contributed by atoms with Gasteiger partial charge in [0.2, 0.25) is 0 Å². The third kappa shape index (κ3) is 3.36. The van der Waals surface area contributed by atoms with Gasteiger partial charge in [0.15, 0.2) is 5.82 Å². The first-order chi connectivity index (χ1) is 12.6. The van der Waals surface area contributed by atoms with E-state index in [1.54, 1.807) is 12.4 Å². The molecule has 1 aromatic heterocycles. The summed E-state index contributed by atoms with van der Waals surface area (Å²) in [6, 6.07) is 13.8. The number of aromatic carboxylic acids is 1. The second-order valence-electron chi connectivity index (χ2n) is 6.90. The zero-order valence-corrected chi connectivity index (χ0v) is 14.6. The predicted molar refractivity (Wildman–Crippen MR) is 100 cm³/mol. The van der Waals surface area contributed by atoms with Crippen molar-refractivity contribution in [3.05, 3.63) is 82.7 Å². The molecule has 1 saturated carbocycles. The Morgan fingerprint density at radius 2 is 1.85 bits per heavy atom. The van der Waals surface area contributed by atoms with Crippen LogP contribution in [0.5, 0.6) is 0 Å². The molecule has 130 valence electrons. The van der Waals surface area contributed by atoms with Gasteiger partial charge in [-0.15, -0.1) is 0 Å². The molecule has 0 radical (unpaired) electrons. The van der Waals surface area contributed by atoms with Crippen LogP contribution in [0, 0.1) is 6.92 Å². The van der Waals surface area contributed by atoms with Gasteiger partial charge in [0.1, 0.15) is 0 Å². The van der Waals surface area contributed by atoms with E-state index in [1.165, 1.54) is 0 Å². The summed E-state index contributed by atoms with van der Waals surface area (Å²) in [5, 5.41) is 9.56. The topological polar surface area (TPSA) is 63.1 Å². The van der Waals surface area contributed by atoms with Gasteiger partial charge in [0.05, 0.1) is 5.56 Å². The molecule has 2 aromatic carbocycles. The summed E-state index contributed by atoms with van der Waals surface area (Å²) >= 11 is 0. The zero-order valence-electron chi connectivity index (χ0n) is 14.6. The molecule has 1 aliphatic carbocycles. The van der Waals surface area contributed by atoms with Crippen LogP contribution in [-0.4, -0.2) is 21.0 Å². The molecule has 0 saturated heterocycles. The van der Waals surface area contributed by atoms with Crippen molar-refractivity contribution in [3.8, 4) is 11.4 Å². The summed E-state index contributed by atoms with van der Waals surface area (Å²) in [7, 11) is 0. The summed E-state index contributed by atoms with van der Waals surface area (Å²) < 4.78 is 0. The molecule has 1 N–H and O–H groups in total. The Labute approximate surface area is 152 Å². The lowest BCUT2D eigenvalue weighted by Gasteiger charge is -2.09. The fourth-order valence-corrected chi connectivity index (χ4v) is 3.25. The van der Waals surface area contributed by atoms with E-state index in [0.717, 1.165) is 40.7 Å². The minimum atomic E-state index is -0.875. The largest absolute Gasteiger partial charge is 0.478 e. The van der Waals surface area contributed by atoms with Crippen molar-refractivity contribution in [2.75, 3.05) is 0 Å². The molecule has 4 heteroatoms. The van der Waals surface area contributed by atoms with Crippen molar-refractivity contribution in [2.45, 2.75) is 32.1 Å². The van der Waals surface area contributed by atoms with Crippen LogP contribution in [0.3, 0.4) is 0 Å². The van der Waals surface area contributed by atoms with Crippen molar-refractivity contribution in [1.29, 1.82) is 0 Å². The minimum absolute atomic E-state index is 0.386. The van der Waals surface area contributed by atoms with Crippen LogP contribution in [0.15, 0.2) is 54.9 Å². The maximum absolute atomic E-state index is 11.7. The van der Waals surface area contributed by atoms with Crippen LogP contribution in [0.4, 0.5) is 0 Å². The van der Waals surface area contributed by atoms with Crippen LogP contribution in [0.25, 0.3) is 11.4 Å². The average molecular weight is 344 g/mol. The molecule has 0 unspecified atom stereocenters. The lowest BCUT2D eigenvalue weighted by Crippen LogP contribution is -2.05. The van der Waals surface area contributed by atoms with Gasteiger partial charge in [-0.2, -0.15) is 0 Å². The highest BCUT2D eigenvalue weighted by atomic mass is 16.4. The number of carboxylic acids is 1. The number of carboxylic acid groups (broad SMARTS) is 1. The molecule has 1 fully saturated rings. The van der Waals surface area contributed by atoms with Crippen LogP contribution in [-0.2, 0) is 6.42 Å². The monoisotopic (exact) mass is 344 g/mol. The molecular formula is C22H20N2O2. The second-order valence-corrected chi connectivity index (χ2v) is 6.90. The molecule has 3 aromatic rings. The second kappa shape index (κ2) is 6.71. The van der Waals surface area contributed by atoms with E-state index in [1.807, 2.05) is 43.3 Å². The number of aromatic nitrogens is 2. The van der Waals surface area contributed by atoms with Crippen LogP contribution < -0.4 is 0 Å². The number of rotatable bonds is 5. The van der Waals surface area contributed by atoms with Crippen molar-refractivity contribution in [3.63, 3.8) is 0 Å². The molecule has 4 rings (SSSR count). The first-order valence-electron chi connectivity index (χ1n) is 8.85. The van der Waals surface area contributed by atoms with E-state index in [-0.39, 0.29) is 0 Å². The summed E-state index contributed by atoms with van der Waals surface area (Å²) in [5.74, 6) is 0.355. The first kappa shape index (κ1) is 16.5. The Balaban J connectivity index is 1.59. The van der Waals surface area contributed by atoms with Crippen molar-refractivity contribution >= 4 is 5.97 Å². The Morgan fingerprint density at radius 1 is 1.12 bits per heavy atom. The van der Waals surface area contributed by atoms with E-state index < -0.39 is 5.97 Å². The smallest absolute Gasteiger partial charge is 0.335 e. The molecule has 0 bridgehead atoms. The predicted octanol–water partition coefficient (Wildman–Crippen LogP) is 4.62. The van der Waals surface area contributed by atoms with E-state index >= 15 is 0 Å². The molecule has 4 nitrogen and oxygen atoms in total. The molecule has 1 aliphatic rings. The van der Waals surface area contributed by atoms with E-state index in [2.05, 4.69) is 16.0 Å². The number of carbonyl (C=O) groups is 1. The molecule has 0 amide bonds. The molecule has 26 heavy (non-hydrogen) atoms. The first-order valence-corrected chi connectivity index (χ1v) is 8.85. The maximum atomic E-state index is 11.7. The maximum Gasteiger partial charge on any atom is 0.335 e. The number of hydrogen-bond donors (Lipinski definition) is 1. The summed E-state index contributed by atoms with van der Waals surface area (Å²) in [4.78, 5) is 20.6. The SMILES string of the molecule is Cc1ccccc1-c1ncc(Cc2ccc(C3CC3)cc2C(=O)O)cn1. The molecular weight excluding hydrogens is 324 g/mol. The number of benzene rings is 2. The highest BCUT2D eigenvalue weighted by Gasteiger charge is 2.25. The van der Waals surface area contributed by atoms with Gasteiger partial charge in [-0.25, -0.2) is 14.8 Å². The van der Waals surface area contributed by atoms with E-state index in [0.29, 0.717) is 23.7 Å². The highest BCUT2D eigenvalue weighted by molar-refractivity contribution is 5.89. The fraction of sp³-hybridized carbons (Fsp3) is 0.227. The fourth-order valence-electron chi connectivity index (χ4n) is 3.25. The van der Waals surface area contributed by atoms with Gasteiger partial charge >= 0.3 is 5.97 Å². The Hall–Kier alpha value is -3.01. The van der Waals surface area contributed by atoms with Gasteiger partial charge in [0, 0.05) is 24.4 Å². The molecule has 1 heterocycles. The van der Waals surface area contributed by atoms with Crippen LogP contribution >= 0.6 is 0 Å². The summed E-state index contributed by atoms with van der Waals surface area (Å²) in [5.41, 5.74) is 5.37. The Kier molecular flexibility index (Phi) is 4.25. The third-order valence-electron chi connectivity index (χ3n) is 4.90. The van der Waals surface area contributed by atoms with Crippen LogP contribution in [0.1, 0.15) is 51.4 Å².